The molecule has 3 amide bonds. The number of hydrogen-bond acceptors (Lipinski definition) is 7. The van der Waals surface area contributed by atoms with E-state index in [1.165, 1.54) is 25.6 Å². The minimum absolute atomic E-state index is 0.0451. The van der Waals surface area contributed by atoms with E-state index in [2.05, 4.69) is 16.0 Å². The Hall–Kier alpha value is -1.85. The molecule has 0 aliphatic heterocycles. The van der Waals surface area contributed by atoms with Crippen LogP contribution < -0.4 is 21.7 Å². The van der Waals surface area contributed by atoms with Gasteiger partial charge in [0.05, 0.1) is 12.1 Å². The summed E-state index contributed by atoms with van der Waals surface area (Å²) >= 11 is 1.46. The van der Waals surface area contributed by atoms with Crippen molar-refractivity contribution in [3.8, 4) is 0 Å². The second-order valence-electron chi connectivity index (χ2n) is 7.39. The minimum Gasteiger partial charge on any atom is -0.480 e. The molecule has 7 N–H and O–H groups in total. The standard InChI is InChI=1S/C18H34N4O6S/c1-9(2)8-13(18(27)28)21-16(25)12(6-7-29-5)20-17(26)14(11(4)23)22-15(24)10(3)19/h9-14,23H,6-8,19H2,1-5H3,(H,20,26)(H,21,25)(H,22,24)(H,27,28). The van der Waals surface area contributed by atoms with E-state index in [0.717, 1.165) is 0 Å². The number of carboxylic acid groups (broad SMARTS) is 1. The molecule has 10 nitrogen and oxygen atoms in total. The third-order valence-electron chi connectivity index (χ3n) is 4.04. The molecule has 5 unspecified atom stereocenters. The lowest BCUT2D eigenvalue weighted by molar-refractivity contribution is -0.143. The Labute approximate surface area is 175 Å². The molecular weight excluding hydrogens is 400 g/mol. The summed E-state index contributed by atoms with van der Waals surface area (Å²) in [7, 11) is 0. The molecule has 0 bridgehead atoms. The molecule has 0 spiro atoms. The number of nitrogens with two attached hydrogens (primary N) is 1. The first kappa shape index (κ1) is 27.1. The SMILES string of the molecule is CSCCC(NC(=O)C(NC(=O)C(C)N)C(C)O)C(=O)NC(CC(C)C)C(=O)O. The van der Waals surface area contributed by atoms with Gasteiger partial charge in [-0.05, 0) is 44.6 Å². The first-order chi connectivity index (χ1) is 13.4. The maximum absolute atomic E-state index is 12.6. The molecule has 0 rings (SSSR count). The first-order valence-electron chi connectivity index (χ1n) is 9.47. The molecule has 11 heteroatoms. The molecule has 29 heavy (non-hydrogen) atoms. The van der Waals surface area contributed by atoms with Crippen molar-refractivity contribution in [1.82, 2.24) is 16.0 Å². The van der Waals surface area contributed by atoms with Crippen molar-refractivity contribution < 1.29 is 29.4 Å². The number of thioether (sulfide) groups is 1. The van der Waals surface area contributed by atoms with Gasteiger partial charge in [-0.1, -0.05) is 13.8 Å². The summed E-state index contributed by atoms with van der Waals surface area (Å²) in [5, 5.41) is 26.5. The number of rotatable bonds is 13. The summed E-state index contributed by atoms with van der Waals surface area (Å²) in [4.78, 5) is 48.4. The number of aliphatic hydroxyl groups excluding tert-OH is 1. The molecule has 0 fully saturated rings. The Balaban J connectivity index is 5.32. The van der Waals surface area contributed by atoms with Gasteiger partial charge in [-0.25, -0.2) is 4.79 Å². The maximum Gasteiger partial charge on any atom is 0.326 e. The summed E-state index contributed by atoms with van der Waals surface area (Å²) in [6.07, 6.45) is 1.09. The molecule has 0 aliphatic rings. The minimum atomic E-state index is -1.30. The molecule has 0 radical (unpaired) electrons. The van der Waals surface area contributed by atoms with Crippen LogP contribution in [0.4, 0.5) is 0 Å². The van der Waals surface area contributed by atoms with Crippen LogP contribution in [0.3, 0.4) is 0 Å². The fraction of sp³-hybridized carbons (Fsp3) is 0.778. The zero-order chi connectivity index (χ0) is 22.7. The van der Waals surface area contributed by atoms with E-state index in [0.29, 0.717) is 5.75 Å². The first-order valence-corrected chi connectivity index (χ1v) is 10.9. The van der Waals surface area contributed by atoms with E-state index < -0.39 is 54.0 Å². The maximum atomic E-state index is 12.6. The highest BCUT2D eigenvalue weighted by Gasteiger charge is 2.31. The summed E-state index contributed by atoms with van der Waals surface area (Å²) < 4.78 is 0. The Morgan fingerprint density at radius 1 is 0.931 bits per heavy atom. The topological polar surface area (TPSA) is 171 Å². The smallest absolute Gasteiger partial charge is 0.326 e. The second-order valence-corrected chi connectivity index (χ2v) is 8.37. The van der Waals surface area contributed by atoms with E-state index in [-0.39, 0.29) is 18.8 Å². The van der Waals surface area contributed by atoms with Crippen LogP contribution in [0.1, 0.15) is 40.5 Å². The zero-order valence-corrected chi connectivity index (χ0v) is 18.4. The van der Waals surface area contributed by atoms with Gasteiger partial charge >= 0.3 is 5.97 Å². The van der Waals surface area contributed by atoms with Gasteiger partial charge in [-0.3, -0.25) is 14.4 Å². The predicted molar refractivity (Wildman–Crippen MR) is 111 cm³/mol. The van der Waals surface area contributed by atoms with Gasteiger partial charge < -0.3 is 31.9 Å². The molecule has 0 aromatic rings. The molecule has 0 saturated heterocycles. The summed E-state index contributed by atoms with van der Waals surface area (Å²) in [6.45, 7) is 6.43. The summed E-state index contributed by atoms with van der Waals surface area (Å²) in [5.41, 5.74) is 5.47. The van der Waals surface area contributed by atoms with Gasteiger partial charge in [-0.15, -0.1) is 0 Å². The van der Waals surface area contributed by atoms with E-state index >= 15 is 0 Å². The van der Waals surface area contributed by atoms with Crippen LogP contribution in [-0.2, 0) is 19.2 Å². The molecular formula is C18H34N4O6S. The number of carboxylic acids is 1. The molecule has 0 saturated carbocycles. The van der Waals surface area contributed by atoms with Crippen LogP contribution in [0.25, 0.3) is 0 Å². The van der Waals surface area contributed by atoms with Gasteiger partial charge in [0.1, 0.15) is 18.1 Å². The summed E-state index contributed by atoms with van der Waals surface area (Å²) in [5.74, 6) is -2.60. The molecule has 5 atom stereocenters. The average Bonchev–Trinajstić information content (AvgIpc) is 2.60. The largest absolute Gasteiger partial charge is 0.480 e. The van der Waals surface area contributed by atoms with Gasteiger partial charge in [0.2, 0.25) is 17.7 Å². The highest BCUT2D eigenvalue weighted by Crippen LogP contribution is 2.08. The second kappa shape index (κ2) is 13.4. The monoisotopic (exact) mass is 434 g/mol. The van der Waals surface area contributed by atoms with Crippen LogP contribution in [0.2, 0.25) is 0 Å². The molecule has 168 valence electrons. The van der Waals surface area contributed by atoms with Crippen molar-refractivity contribution in [3.63, 3.8) is 0 Å². The fourth-order valence-electron chi connectivity index (χ4n) is 2.42. The van der Waals surface area contributed by atoms with E-state index in [1.54, 1.807) is 0 Å². The van der Waals surface area contributed by atoms with Gasteiger partial charge in [0, 0.05) is 0 Å². The van der Waals surface area contributed by atoms with Crippen molar-refractivity contribution in [2.45, 2.75) is 70.8 Å². The van der Waals surface area contributed by atoms with Crippen molar-refractivity contribution in [2.24, 2.45) is 11.7 Å². The quantitative estimate of drug-likeness (QED) is 0.215. The van der Waals surface area contributed by atoms with Crippen LogP contribution >= 0.6 is 11.8 Å². The highest BCUT2D eigenvalue weighted by atomic mass is 32.2. The number of carbonyl (C=O) groups is 4. The molecule has 0 aromatic carbocycles. The van der Waals surface area contributed by atoms with Gasteiger partial charge in [-0.2, -0.15) is 11.8 Å². The molecule has 0 aromatic heterocycles. The number of hydrogen-bond donors (Lipinski definition) is 6. The van der Waals surface area contributed by atoms with Crippen LogP contribution in [0.5, 0.6) is 0 Å². The Morgan fingerprint density at radius 3 is 1.90 bits per heavy atom. The fourth-order valence-corrected chi connectivity index (χ4v) is 2.89. The van der Waals surface area contributed by atoms with E-state index in [4.69, 9.17) is 5.73 Å². The Bertz CT molecular complexity index is 571. The normalized spacial score (nSPS) is 16.3. The Morgan fingerprint density at radius 2 is 1.48 bits per heavy atom. The van der Waals surface area contributed by atoms with Crippen molar-refractivity contribution in [2.75, 3.05) is 12.0 Å². The van der Waals surface area contributed by atoms with Crippen molar-refractivity contribution in [3.05, 3.63) is 0 Å². The molecule has 0 aliphatic carbocycles. The van der Waals surface area contributed by atoms with Gasteiger partial charge in [0.25, 0.3) is 0 Å². The Kier molecular flexibility index (Phi) is 12.5. The van der Waals surface area contributed by atoms with Crippen molar-refractivity contribution >= 4 is 35.5 Å². The third kappa shape index (κ3) is 10.5. The number of amides is 3. The summed E-state index contributed by atoms with van der Waals surface area (Å²) in [6, 6.07) is -4.28. The average molecular weight is 435 g/mol. The van der Waals surface area contributed by atoms with E-state index in [9.17, 15) is 29.4 Å². The van der Waals surface area contributed by atoms with Gasteiger partial charge in [0.15, 0.2) is 0 Å². The number of aliphatic hydroxyl groups is 1. The number of carbonyl (C=O) groups excluding carboxylic acids is 3. The van der Waals surface area contributed by atoms with E-state index in [1.807, 2.05) is 20.1 Å². The predicted octanol–water partition coefficient (Wildman–Crippen LogP) is -0.947. The lowest BCUT2D eigenvalue weighted by Crippen LogP contribution is -2.59. The number of aliphatic carboxylic acids is 1. The zero-order valence-electron chi connectivity index (χ0n) is 17.6. The lowest BCUT2D eigenvalue weighted by Gasteiger charge is -2.26. The molecule has 0 heterocycles. The third-order valence-corrected chi connectivity index (χ3v) is 4.69. The van der Waals surface area contributed by atoms with Crippen LogP contribution in [-0.4, -0.2) is 76.2 Å². The van der Waals surface area contributed by atoms with Crippen LogP contribution in [0, 0.1) is 5.92 Å². The van der Waals surface area contributed by atoms with Crippen molar-refractivity contribution in [1.29, 1.82) is 0 Å². The lowest BCUT2D eigenvalue weighted by atomic mass is 10.0. The number of nitrogens with one attached hydrogen (secondary N) is 3. The highest BCUT2D eigenvalue weighted by molar-refractivity contribution is 7.98. The van der Waals surface area contributed by atoms with Crippen LogP contribution in [0.15, 0.2) is 0 Å².